The second-order valence-corrected chi connectivity index (χ2v) is 4.84. The van der Waals surface area contributed by atoms with Crippen LogP contribution in [0.1, 0.15) is 32.4 Å². The number of nitrogens with zero attached hydrogens (tertiary/aromatic N) is 2. The van der Waals surface area contributed by atoms with Gasteiger partial charge in [0.25, 0.3) is 0 Å². The van der Waals surface area contributed by atoms with E-state index in [0.717, 1.165) is 17.9 Å². The van der Waals surface area contributed by atoms with Crippen molar-refractivity contribution in [3.05, 3.63) is 29.8 Å². The topological polar surface area (TPSA) is 36.3 Å². The number of para-hydroxylation sites is 1. The van der Waals surface area contributed by atoms with E-state index in [1.165, 1.54) is 0 Å². The lowest BCUT2D eigenvalue weighted by Crippen LogP contribution is -2.27. The number of rotatable bonds is 6. The van der Waals surface area contributed by atoms with Crippen molar-refractivity contribution >= 4 is 0 Å². The van der Waals surface area contributed by atoms with Gasteiger partial charge in [0.15, 0.2) is 0 Å². The largest absolute Gasteiger partial charge is 0.493 e. The minimum Gasteiger partial charge on any atom is -0.493 e. The van der Waals surface area contributed by atoms with E-state index in [9.17, 15) is 5.26 Å². The maximum absolute atomic E-state index is 9.41. The third-order valence-corrected chi connectivity index (χ3v) is 2.73. The molecule has 0 aliphatic carbocycles. The summed E-state index contributed by atoms with van der Waals surface area (Å²) in [6.07, 6.45) is 0. The summed E-state index contributed by atoms with van der Waals surface area (Å²) in [4.78, 5) is 2.07. The lowest BCUT2D eigenvalue weighted by atomic mass is 10.0. The Labute approximate surface area is 110 Å². The van der Waals surface area contributed by atoms with Crippen molar-refractivity contribution in [1.29, 1.82) is 5.26 Å². The maximum atomic E-state index is 9.41. The molecule has 0 aromatic heterocycles. The molecule has 0 N–H and O–H groups in total. The van der Waals surface area contributed by atoms with Gasteiger partial charge in [-0.1, -0.05) is 32.0 Å². The fraction of sp³-hybridized carbons (Fsp3) is 0.533. The summed E-state index contributed by atoms with van der Waals surface area (Å²) in [6.45, 7) is 7.76. The molecule has 1 atom stereocenters. The van der Waals surface area contributed by atoms with E-state index in [4.69, 9.17) is 4.74 Å². The monoisotopic (exact) mass is 246 g/mol. The zero-order chi connectivity index (χ0) is 13.5. The molecule has 0 amide bonds. The van der Waals surface area contributed by atoms with E-state index < -0.39 is 0 Å². The van der Waals surface area contributed by atoms with Crippen LogP contribution in [0, 0.1) is 17.2 Å². The molecule has 1 rings (SSSR count). The van der Waals surface area contributed by atoms with Gasteiger partial charge in [-0.3, -0.25) is 4.90 Å². The SMILES string of the molecule is CCOc1ccccc1C(C#N)N(C)CC(C)C. The Hall–Kier alpha value is -1.53. The van der Waals surface area contributed by atoms with Crippen LogP contribution in [0.25, 0.3) is 0 Å². The van der Waals surface area contributed by atoms with Crippen LogP contribution >= 0.6 is 0 Å². The Morgan fingerprint density at radius 1 is 1.33 bits per heavy atom. The average molecular weight is 246 g/mol. The lowest BCUT2D eigenvalue weighted by molar-refractivity contribution is 0.250. The van der Waals surface area contributed by atoms with Crippen LogP contribution in [0.15, 0.2) is 24.3 Å². The number of hydrogen-bond donors (Lipinski definition) is 0. The van der Waals surface area contributed by atoms with Crippen LogP contribution < -0.4 is 4.74 Å². The number of ether oxygens (including phenoxy) is 1. The molecule has 3 nitrogen and oxygen atoms in total. The summed E-state index contributed by atoms with van der Waals surface area (Å²) in [6, 6.07) is 9.89. The maximum Gasteiger partial charge on any atom is 0.127 e. The molecule has 1 aromatic rings. The van der Waals surface area contributed by atoms with E-state index in [1.807, 2.05) is 38.2 Å². The van der Waals surface area contributed by atoms with E-state index in [2.05, 4.69) is 24.8 Å². The number of hydrogen-bond acceptors (Lipinski definition) is 3. The minimum atomic E-state index is -0.254. The van der Waals surface area contributed by atoms with Gasteiger partial charge in [0.2, 0.25) is 0 Å². The molecule has 3 heteroatoms. The van der Waals surface area contributed by atoms with Crippen LogP contribution in [0.5, 0.6) is 5.75 Å². The summed E-state index contributed by atoms with van der Waals surface area (Å²) in [5, 5.41) is 9.41. The molecule has 0 heterocycles. The van der Waals surface area contributed by atoms with Crippen LogP contribution in [0.3, 0.4) is 0 Å². The first-order chi connectivity index (χ1) is 8.60. The highest BCUT2D eigenvalue weighted by molar-refractivity contribution is 5.38. The van der Waals surface area contributed by atoms with Gasteiger partial charge in [-0.15, -0.1) is 0 Å². The van der Waals surface area contributed by atoms with Gasteiger partial charge < -0.3 is 4.74 Å². The first-order valence-electron chi connectivity index (χ1n) is 6.41. The highest BCUT2D eigenvalue weighted by atomic mass is 16.5. The first-order valence-corrected chi connectivity index (χ1v) is 6.41. The van der Waals surface area contributed by atoms with Crippen molar-refractivity contribution in [2.24, 2.45) is 5.92 Å². The molecule has 0 saturated heterocycles. The third kappa shape index (κ3) is 3.75. The molecule has 0 bridgehead atoms. The predicted octanol–water partition coefficient (Wildman–Crippen LogP) is 3.24. The Kier molecular flexibility index (Phi) is 5.67. The van der Waals surface area contributed by atoms with Gasteiger partial charge in [-0.2, -0.15) is 5.26 Å². The molecular formula is C15H22N2O. The average Bonchev–Trinajstić information content (AvgIpc) is 2.31. The van der Waals surface area contributed by atoms with E-state index in [-0.39, 0.29) is 6.04 Å². The van der Waals surface area contributed by atoms with E-state index >= 15 is 0 Å². The minimum absolute atomic E-state index is 0.254. The summed E-state index contributed by atoms with van der Waals surface area (Å²) in [7, 11) is 1.98. The highest BCUT2D eigenvalue weighted by Crippen LogP contribution is 2.28. The van der Waals surface area contributed by atoms with Gasteiger partial charge in [0.05, 0.1) is 12.7 Å². The molecule has 0 aliphatic rings. The quantitative estimate of drug-likeness (QED) is 0.773. The second kappa shape index (κ2) is 7.03. The van der Waals surface area contributed by atoms with Gasteiger partial charge in [0.1, 0.15) is 11.8 Å². The predicted molar refractivity (Wildman–Crippen MR) is 73.4 cm³/mol. The van der Waals surface area contributed by atoms with Crippen molar-refractivity contribution in [3.8, 4) is 11.8 Å². The van der Waals surface area contributed by atoms with Gasteiger partial charge in [-0.05, 0) is 26.0 Å². The lowest BCUT2D eigenvalue weighted by Gasteiger charge is -2.25. The normalized spacial score (nSPS) is 12.5. The zero-order valence-electron chi connectivity index (χ0n) is 11.7. The molecule has 98 valence electrons. The van der Waals surface area contributed by atoms with Crippen LogP contribution in [0.2, 0.25) is 0 Å². The fourth-order valence-electron chi connectivity index (χ4n) is 2.08. The van der Waals surface area contributed by atoms with Crippen LogP contribution in [-0.2, 0) is 0 Å². The molecule has 1 unspecified atom stereocenters. The molecule has 0 radical (unpaired) electrons. The number of benzene rings is 1. The Balaban J connectivity index is 2.98. The molecule has 1 aromatic carbocycles. The Morgan fingerprint density at radius 2 is 2.00 bits per heavy atom. The summed E-state index contributed by atoms with van der Waals surface area (Å²) < 4.78 is 5.60. The van der Waals surface area contributed by atoms with Crippen molar-refractivity contribution in [1.82, 2.24) is 4.90 Å². The molecule has 18 heavy (non-hydrogen) atoms. The van der Waals surface area contributed by atoms with Crippen molar-refractivity contribution in [2.45, 2.75) is 26.8 Å². The standard InChI is InChI=1S/C15H22N2O/c1-5-18-15-9-7-6-8-13(15)14(10-16)17(4)11-12(2)3/h6-9,12,14H,5,11H2,1-4H3. The molecular weight excluding hydrogens is 224 g/mol. The molecule has 0 aliphatic heterocycles. The molecule has 0 spiro atoms. The summed E-state index contributed by atoms with van der Waals surface area (Å²) in [5.74, 6) is 1.34. The number of nitriles is 1. The molecule has 0 fully saturated rings. The van der Waals surface area contributed by atoms with Crippen molar-refractivity contribution < 1.29 is 4.74 Å². The third-order valence-electron chi connectivity index (χ3n) is 2.73. The first kappa shape index (κ1) is 14.5. The van der Waals surface area contributed by atoms with E-state index in [1.54, 1.807) is 0 Å². The smallest absolute Gasteiger partial charge is 0.127 e. The van der Waals surface area contributed by atoms with E-state index in [0.29, 0.717) is 12.5 Å². The van der Waals surface area contributed by atoms with Gasteiger partial charge in [-0.25, -0.2) is 0 Å². The van der Waals surface area contributed by atoms with Gasteiger partial charge in [0, 0.05) is 12.1 Å². The van der Waals surface area contributed by atoms with Crippen molar-refractivity contribution in [2.75, 3.05) is 20.2 Å². The Morgan fingerprint density at radius 3 is 2.56 bits per heavy atom. The van der Waals surface area contributed by atoms with Crippen LogP contribution in [-0.4, -0.2) is 25.1 Å². The summed E-state index contributed by atoms with van der Waals surface area (Å²) >= 11 is 0. The highest BCUT2D eigenvalue weighted by Gasteiger charge is 2.20. The summed E-state index contributed by atoms with van der Waals surface area (Å²) in [5.41, 5.74) is 0.949. The van der Waals surface area contributed by atoms with Crippen molar-refractivity contribution in [3.63, 3.8) is 0 Å². The fourth-order valence-corrected chi connectivity index (χ4v) is 2.08. The molecule has 0 saturated carbocycles. The Bertz CT molecular complexity index is 409. The van der Waals surface area contributed by atoms with Gasteiger partial charge >= 0.3 is 0 Å². The van der Waals surface area contributed by atoms with Crippen LogP contribution in [0.4, 0.5) is 0 Å². The zero-order valence-corrected chi connectivity index (χ0v) is 11.7. The second-order valence-electron chi connectivity index (χ2n) is 4.84.